The number of aliphatic hydroxyl groups is 1. The van der Waals surface area contributed by atoms with Gasteiger partial charge in [-0.15, -0.1) is 0 Å². The van der Waals surface area contributed by atoms with Crippen molar-refractivity contribution in [1.82, 2.24) is 0 Å². The number of benzene rings is 1. The highest BCUT2D eigenvalue weighted by Gasteiger charge is 2.37. The molecule has 0 aliphatic heterocycles. The Labute approximate surface area is 122 Å². The Morgan fingerprint density at radius 2 is 2.16 bits per heavy atom. The van der Waals surface area contributed by atoms with E-state index in [9.17, 15) is 9.90 Å². The maximum Gasteiger partial charge on any atom is 0.227 e. The number of carbonyl (C=O) groups is 1. The van der Waals surface area contributed by atoms with Gasteiger partial charge in [0.05, 0.1) is 21.6 Å². The maximum absolute atomic E-state index is 11.8. The number of carbonyl (C=O) groups excluding carboxylic acids is 1. The standard InChI is InChI=1S/C14H17Cl2NO2/c1-3-14(2,13(17)19)8-6-7-4-5-9(18)10(7)12(16)11(8)15/h6,9,18H,3-5H2,1-2H3,(H2,17,19). The lowest BCUT2D eigenvalue weighted by molar-refractivity contribution is -0.123. The first kappa shape index (κ1) is 14.6. The summed E-state index contributed by atoms with van der Waals surface area (Å²) in [5.41, 5.74) is 6.97. The van der Waals surface area contributed by atoms with E-state index in [4.69, 9.17) is 28.9 Å². The number of primary amides is 1. The molecule has 2 atom stereocenters. The second kappa shape index (κ2) is 4.97. The molecule has 2 unspecified atom stereocenters. The topological polar surface area (TPSA) is 63.3 Å². The van der Waals surface area contributed by atoms with Gasteiger partial charge in [0.25, 0.3) is 0 Å². The summed E-state index contributed by atoms with van der Waals surface area (Å²) in [6.45, 7) is 3.65. The van der Waals surface area contributed by atoms with Crippen LogP contribution in [0.3, 0.4) is 0 Å². The predicted octanol–water partition coefficient (Wildman–Crippen LogP) is 3.13. The van der Waals surface area contributed by atoms with E-state index < -0.39 is 17.4 Å². The average Bonchev–Trinajstić information content (AvgIpc) is 2.74. The number of rotatable bonds is 3. The van der Waals surface area contributed by atoms with E-state index in [1.54, 1.807) is 6.92 Å². The van der Waals surface area contributed by atoms with Crippen LogP contribution in [0.5, 0.6) is 0 Å². The minimum absolute atomic E-state index is 0.324. The quantitative estimate of drug-likeness (QED) is 0.901. The first-order chi connectivity index (χ1) is 8.82. The van der Waals surface area contributed by atoms with Gasteiger partial charge in [-0.2, -0.15) is 0 Å². The van der Waals surface area contributed by atoms with Crippen molar-refractivity contribution in [1.29, 1.82) is 0 Å². The highest BCUT2D eigenvalue weighted by molar-refractivity contribution is 6.43. The van der Waals surface area contributed by atoms with Crippen molar-refractivity contribution in [3.63, 3.8) is 0 Å². The van der Waals surface area contributed by atoms with Crippen molar-refractivity contribution in [2.45, 2.75) is 44.6 Å². The van der Waals surface area contributed by atoms with Crippen LogP contribution in [0, 0.1) is 0 Å². The van der Waals surface area contributed by atoms with E-state index in [2.05, 4.69) is 0 Å². The molecule has 1 aromatic carbocycles. The molecule has 3 nitrogen and oxygen atoms in total. The summed E-state index contributed by atoms with van der Waals surface area (Å²) in [4.78, 5) is 11.8. The molecule has 1 aliphatic carbocycles. The molecule has 0 saturated carbocycles. The fraction of sp³-hybridized carbons (Fsp3) is 0.500. The third-order valence-corrected chi connectivity index (χ3v) is 5.08. The van der Waals surface area contributed by atoms with Crippen molar-refractivity contribution >= 4 is 29.1 Å². The Hall–Kier alpha value is -0.770. The second-order valence-corrected chi connectivity index (χ2v) is 5.99. The molecule has 0 heterocycles. The van der Waals surface area contributed by atoms with Crippen LogP contribution in [-0.2, 0) is 16.6 Å². The Bertz CT molecular complexity index is 545. The van der Waals surface area contributed by atoms with Gasteiger partial charge in [-0.05, 0) is 37.3 Å². The summed E-state index contributed by atoms with van der Waals surface area (Å²) in [6.07, 6.45) is 1.34. The van der Waals surface area contributed by atoms with Crippen LogP contribution < -0.4 is 5.73 Å². The van der Waals surface area contributed by atoms with Gasteiger partial charge in [0.2, 0.25) is 5.91 Å². The summed E-state index contributed by atoms with van der Waals surface area (Å²) < 4.78 is 0. The molecule has 0 aromatic heterocycles. The highest BCUT2D eigenvalue weighted by Crippen LogP contribution is 2.45. The molecular formula is C14H17Cl2NO2. The molecule has 1 amide bonds. The largest absolute Gasteiger partial charge is 0.388 e. The Kier molecular flexibility index (Phi) is 3.83. The van der Waals surface area contributed by atoms with E-state index >= 15 is 0 Å². The van der Waals surface area contributed by atoms with E-state index in [0.717, 1.165) is 12.0 Å². The molecule has 0 radical (unpaired) electrons. The molecule has 0 spiro atoms. The van der Waals surface area contributed by atoms with Gasteiger partial charge in [0.15, 0.2) is 0 Å². The lowest BCUT2D eigenvalue weighted by Gasteiger charge is -2.27. The summed E-state index contributed by atoms with van der Waals surface area (Å²) in [5.74, 6) is -0.425. The third kappa shape index (κ3) is 2.14. The molecule has 0 saturated heterocycles. The Morgan fingerprint density at radius 3 is 2.68 bits per heavy atom. The lowest BCUT2D eigenvalue weighted by atomic mass is 9.78. The average molecular weight is 302 g/mol. The molecular weight excluding hydrogens is 285 g/mol. The predicted molar refractivity (Wildman–Crippen MR) is 76.6 cm³/mol. The minimum atomic E-state index is -0.844. The molecule has 0 fully saturated rings. The van der Waals surface area contributed by atoms with Crippen LogP contribution in [0.2, 0.25) is 10.0 Å². The zero-order valence-electron chi connectivity index (χ0n) is 11.0. The fourth-order valence-electron chi connectivity index (χ4n) is 2.60. The molecule has 5 heteroatoms. The van der Waals surface area contributed by atoms with Gasteiger partial charge in [0.1, 0.15) is 0 Å². The van der Waals surface area contributed by atoms with Crippen molar-refractivity contribution in [2.75, 3.05) is 0 Å². The third-order valence-electron chi connectivity index (χ3n) is 4.20. The molecule has 104 valence electrons. The number of aliphatic hydroxyl groups excluding tert-OH is 1. The van der Waals surface area contributed by atoms with Crippen molar-refractivity contribution in [2.24, 2.45) is 5.73 Å². The molecule has 2 rings (SSSR count). The van der Waals surface area contributed by atoms with Crippen LogP contribution in [0.1, 0.15) is 49.5 Å². The summed E-state index contributed by atoms with van der Waals surface area (Å²) >= 11 is 12.6. The second-order valence-electron chi connectivity index (χ2n) is 5.23. The first-order valence-electron chi connectivity index (χ1n) is 6.32. The normalized spacial score (nSPS) is 21.0. The van der Waals surface area contributed by atoms with Gasteiger partial charge < -0.3 is 10.8 Å². The van der Waals surface area contributed by atoms with E-state index in [1.807, 2.05) is 13.0 Å². The SMILES string of the molecule is CCC(C)(C(N)=O)c1cc2c(c(Cl)c1Cl)C(O)CC2. The minimum Gasteiger partial charge on any atom is -0.388 e. The molecule has 3 N–H and O–H groups in total. The van der Waals surface area contributed by atoms with E-state index in [-0.39, 0.29) is 0 Å². The number of aryl methyl sites for hydroxylation is 1. The molecule has 0 bridgehead atoms. The summed E-state index contributed by atoms with van der Waals surface area (Å²) in [6, 6.07) is 1.87. The van der Waals surface area contributed by atoms with Crippen LogP contribution >= 0.6 is 23.2 Å². The van der Waals surface area contributed by atoms with E-state index in [0.29, 0.717) is 34.0 Å². The van der Waals surface area contributed by atoms with Crippen molar-refractivity contribution < 1.29 is 9.90 Å². The number of nitrogens with two attached hydrogens (primary N) is 1. The number of hydrogen-bond donors (Lipinski definition) is 2. The van der Waals surface area contributed by atoms with Crippen LogP contribution in [-0.4, -0.2) is 11.0 Å². The first-order valence-corrected chi connectivity index (χ1v) is 7.07. The zero-order valence-corrected chi connectivity index (χ0v) is 12.5. The van der Waals surface area contributed by atoms with Gasteiger partial charge in [-0.25, -0.2) is 0 Å². The lowest BCUT2D eigenvalue weighted by Crippen LogP contribution is -2.38. The number of halogens is 2. The van der Waals surface area contributed by atoms with Crippen LogP contribution in [0.4, 0.5) is 0 Å². The van der Waals surface area contributed by atoms with Crippen LogP contribution in [0.15, 0.2) is 6.07 Å². The van der Waals surface area contributed by atoms with Gasteiger partial charge in [-0.3, -0.25) is 4.79 Å². The molecule has 1 aromatic rings. The van der Waals surface area contributed by atoms with E-state index in [1.165, 1.54) is 0 Å². The van der Waals surface area contributed by atoms with Gasteiger partial charge in [0, 0.05) is 5.56 Å². The zero-order chi connectivity index (χ0) is 14.4. The monoisotopic (exact) mass is 301 g/mol. The van der Waals surface area contributed by atoms with Crippen molar-refractivity contribution in [3.8, 4) is 0 Å². The molecule has 19 heavy (non-hydrogen) atoms. The van der Waals surface area contributed by atoms with Crippen molar-refractivity contribution in [3.05, 3.63) is 32.8 Å². The number of hydrogen-bond acceptors (Lipinski definition) is 2. The maximum atomic E-state index is 11.8. The van der Waals surface area contributed by atoms with Gasteiger partial charge >= 0.3 is 0 Å². The smallest absolute Gasteiger partial charge is 0.227 e. The molecule has 1 aliphatic rings. The summed E-state index contributed by atoms with van der Waals surface area (Å²) in [7, 11) is 0. The van der Waals surface area contributed by atoms with Crippen LogP contribution in [0.25, 0.3) is 0 Å². The Morgan fingerprint density at radius 1 is 1.53 bits per heavy atom. The summed E-state index contributed by atoms with van der Waals surface area (Å²) in [5, 5.41) is 10.6. The Balaban J connectivity index is 2.68. The highest BCUT2D eigenvalue weighted by atomic mass is 35.5. The van der Waals surface area contributed by atoms with Gasteiger partial charge in [-0.1, -0.05) is 36.2 Å². The fourth-order valence-corrected chi connectivity index (χ4v) is 3.31. The number of fused-ring (bicyclic) bond motifs is 1. The number of amides is 1.